The molecule has 8 rings (SSSR count). The highest BCUT2D eigenvalue weighted by Crippen LogP contribution is 2.39. The van der Waals surface area contributed by atoms with Gasteiger partial charge in [0, 0.05) is 49.6 Å². The lowest BCUT2D eigenvalue weighted by molar-refractivity contribution is 0.668. The first kappa shape index (κ1) is 17.1. The molecule has 0 unspecified atom stereocenters. The van der Waals surface area contributed by atoms with Gasteiger partial charge < -0.3 is 14.0 Å². The molecule has 5 aromatic carbocycles. The van der Waals surface area contributed by atoms with Crippen molar-refractivity contribution < 1.29 is 4.42 Å². The summed E-state index contributed by atoms with van der Waals surface area (Å²) < 4.78 is 8.56. The van der Waals surface area contributed by atoms with Crippen LogP contribution in [0.4, 0.5) is 0 Å². The molecule has 0 fully saturated rings. The molecule has 0 amide bonds. The smallest absolute Gasteiger partial charge is 0.137 e. The zero-order valence-corrected chi connectivity index (χ0v) is 17.7. The molecule has 0 aliphatic carbocycles. The van der Waals surface area contributed by atoms with Gasteiger partial charge in [0.15, 0.2) is 0 Å². The van der Waals surface area contributed by atoms with Gasteiger partial charge in [-0.2, -0.15) is 0 Å². The van der Waals surface area contributed by atoms with Crippen LogP contribution in [0, 0.1) is 0 Å². The minimum Gasteiger partial charge on any atom is -0.456 e. The van der Waals surface area contributed by atoms with E-state index in [1.54, 1.807) is 0 Å². The SMILES string of the molecule is c1ccc2c(c1)[nH]c1c2ccc2c1c1ccccc1n2-c1ccc2c(c1)oc1ccccc12. The van der Waals surface area contributed by atoms with Crippen LogP contribution in [-0.2, 0) is 0 Å². The van der Waals surface area contributed by atoms with E-state index in [2.05, 4.69) is 101 Å². The van der Waals surface area contributed by atoms with Crippen molar-refractivity contribution in [1.82, 2.24) is 9.55 Å². The third-order valence-corrected chi connectivity index (χ3v) is 6.94. The summed E-state index contributed by atoms with van der Waals surface area (Å²) in [5.41, 5.74) is 7.66. The van der Waals surface area contributed by atoms with Crippen LogP contribution >= 0.6 is 0 Å². The second-order valence-electron chi connectivity index (χ2n) is 8.68. The van der Waals surface area contributed by atoms with Crippen LogP contribution in [0.3, 0.4) is 0 Å². The highest BCUT2D eigenvalue weighted by molar-refractivity contribution is 6.25. The number of aromatic amines is 1. The van der Waals surface area contributed by atoms with Crippen molar-refractivity contribution in [3.63, 3.8) is 0 Å². The highest BCUT2D eigenvalue weighted by Gasteiger charge is 2.17. The van der Waals surface area contributed by atoms with Crippen molar-refractivity contribution in [2.24, 2.45) is 0 Å². The lowest BCUT2D eigenvalue weighted by Gasteiger charge is -2.08. The van der Waals surface area contributed by atoms with E-state index in [1.807, 2.05) is 12.1 Å². The van der Waals surface area contributed by atoms with Crippen LogP contribution in [0.1, 0.15) is 0 Å². The normalized spacial score (nSPS) is 12.2. The number of aromatic nitrogens is 2. The molecular formula is C30H18N2O. The zero-order valence-electron chi connectivity index (χ0n) is 17.7. The molecule has 1 N–H and O–H groups in total. The van der Waals surface area contributed by atoms with Crippen LogP contribution < -0.4 is 0 Å². The van der Waals surface area contributed by atoms with Gasteiger partial charge in [-0.05, 0) is 36.4 Å². The van der Waals surface area contributed by atoms with E-state index in [0.29, 0.717) is 0 Å². The topological polar surface area (TPSA) is 33.9 Å². The van der Waals surface area contributed by atoms with Gasteiger partial charge >= 0.3 is 0 Å². The van der Waals surface area contributed by atoms with E-state index >= 15 is 0 Å². The van der Waals surface area contributed by atoms with E-state index in [-0.39, 0.29) is 0 Å². The first-order valence-electron chi connectivity index (χ1n) is 11.2. The molecule has 0 spiro atoms. The van der Waals surface area contributed by atoms with E-state index in [0.717, 1.165) is 27.6 Å². The molecule has 3 heteroatoms. The fourth-order valence-electron chi connectivity index (χ4n) is 5.51. The van der Waals surface area contributed by atoms with E-state index < -0.39 is 0 Å². The number of H-pyrrole nitrogens is 1. The van der Waals surface area contributed by atoms with Gasteiger partial charge in [-0.25, -0.2) is 0 Å². The summed E-state index contributed by atoms with van der Waals surface area (Å²) in [5.74, 6) is 0. The summed E-state index contributed by atoms with van der Waals surface area (Å²) in [5, 5.41) is 7.32. The van der Waals surface area contributed by atoms with E-state index in [1.165, 1.54) is 43.6 Å². The summed E-state index contributed by atoms with van der Waals surface area (Å²) >= 11 is 0. The van der Waals surface area contributed by atoms with Gasteiger partial charge in [0.1, 0.15) is 11.2 Å². The van der Waals surface area contributed by atoms with Crippen LogP contribution in [0.15, 0.2) is 108 Å². The number of para-hydroxylation sites is 3. The molecule has 3 aromatic heterocycles. The maximum Gasteiger partial charge on any atom is 0.137 e. The Hall–Kier alpha value is -4.50. The molecule has 0 aliphatic rings. The Morgan fingerprint density at radius 2 is 1.27 bits per heavy atom. The first-order valence-corrected chi connectivity index (χ1v) is 11.2. The molecule has 0 saturated heterocycles. The Labute approximate surface area is 188 Å². The number of benzene rings is 5. The number of nitrogens with zero attached hydrogens (tertiary/aromatic N) is 1. The van der Waals surface area contributed by atoms with Crippen LogP contribution in [0.5, 0.6) is 0 Å². The van der Waals surface area contributed by atoms with Crippen molar-refractivity contribution in [3.8, 4) is 5.69 Å². The largest absolute Gasteiger partial charge is 0.456 e. The zero-order chi connectivity index (χ0) is 21.5. The average molecular weight is 422 g/mol. The molecule has 0 saturated carbocycles. The third-order valence-electron chi connectivity index (χ3n) is 6.94. The monoisotopic (exact) mass is 422 g/mol. The Kier molecular flexibility index (Phi) is 3.14. The maximum atomic E-state index is 6.21. The fraction of sp³-hybridized carbons (Fsp3) is 0. The predicted molar refractivity (Wildman–Crippen MR) is 137 cm³/mol. The molecule has 3 heterocycles. The Morgan fingerprint density at radius 3 is 2.21 bits per heavy atom. The van der Waals surface area contributed by atoms with Crippen molar-refractivity contribution in [3.05, 3.63) is 103 Å². The minimum absolute atomic E-state index is 0.909. The Balaban J connectivity index is 1.52. The number of furan rings is 1. The minimum atomic E-state index is 0.909. The van der Waals surface area contributed by atoms with Gasteiger partial charge in [-0.1, -0.05) is 60.7 Å². The highest BCUT2D eigenvalue weighted by atomic mass is 16.3. The fourth-order valence-corrected chi connectivity index (χ4v) is 5.51. The van der Waals surface area contributed by atoms with Gasteiger partial charge in [-0.3, -0.25) is 0 Å². The molecule has 33 heavy (non-hydrogen) atoms. The number of rotatable bonds is 1. The van der Waals surface area contributed by atoms with Crippen molar-refractivity contribution in [1.29, 1.82) is 0 Å². The average Bonchev–Trinajstić information content (AvgIpc) is 3.52. The van der Waals surface area contributed by atoms with Crippen molar-refractivity contribution >= 4 is 65.6 Å². The van der Waals surface area contributed by atoms with Crippen molar-refractivity contribution in [2.45, 2.75) is 0 Å². The quantitative estimate of drug-likeness (QED) is 0.283. The van der Waals surface area contributed by atoms with Crippen LogP contribution in [0.25, 0.3) is 71.2 Å². The number of nitrogens with one attached hydrogen (secondary N) is 1. The number of hydrogen-bond donors (Lipinski definition) is 1. The number of hydrogen-bond acceptors (Lipinski definition) is 1. The maximum absolute atomic E-state index is 6.21. The summed E-state index contributed by atoms with van der Waals surface area (Å²) in [6.07, 6.45) is 0. The second kappa shape index (κ2) is 6.05. The summed E-state index contributed by atoms with van der Waals surface area (Å²) in [7, 11) is 0. The molecule has 154 valence electrons. The lowest BCUT2D eigenvalue weighted by atomic mass is 10.1. The third kappa shape index (κ3) is 2.18. The summed E-state index contributed by atoms with van der Waals surface area (Å²) in [4.78, 5) is 3.69. The molecule has 0 atom stereocenters. The van der Waals surface area contributed by atoms with Gasteiger partial charge in [-0.15, -0.1) is 0 Å². The number of fused-ring (bicyclic) bond motifs is 10. The molecule has 0 bridgehead atoms. The Bertz CT molecular complexity index is 2030. The molecule has 3 nitrogen and oxygen atoms in total. The standard InChI is InChI=1S/C30H18N2O/c1-4-10-24-19(7-1)22-15-16-26-29(30(22)31-24)23-9-2-5-11-25(23)32(26)18-13-14-21-20-8-3-6-12-27(20)33-28(21)17-18/h1-17,31H. The second-order valence-corrected chi connectivity index (χ2v) is 8.68. The van der Waals surface area contributed by atoms with Gasteiger partial charge in [0.25, 0.3) is 0 Å². The summed E-state index contributed by atoms with van der Waals surface area (Å²) in [6, 6.07) is 36.4. The molecular weight excluding hydrogens is 404 g/mol. The van der Waals surface area contributed by atoms with Crippen LogP contribution in [0.2, 0.25) is 0 Å². The first-order chi connectivity index (χ1) is 16.4. The van der Waals surface area contributed by atoms with Crippen LogP contribution in [-0.4, -0.2) is 9.55 Å². The lowest BCUT2D eigenvalue weighted by Crippen LogP contribution is -1.93. The van der Waals surface area contributed by atoms with E-state index in [9.17, 15) is 0 Å². The molecule has 0 aliphatic heterocycles. The molecule has 0 radical (unpaired) electrons. The predicted octanol–water partition coefficient (Wildman–Crippen LogP) is 8.32. The van der Waals surface area contributed by atoms with Gasteiger partial charge in [0.05, 0.1) is 16.6 Å². The van der Waals surface area contributed by atoms with Gasteiger partial charge in [0.2, 0.25) is 0 Å². The van der Waals surface area contributed by atoms with Crippen molar-refractivity contribution in [2.75, 3.05) is 0 Å². The molecule has 8 aromatic rings. The Morgan fingerprint density at radius 1 is 0.545 bits per heavy atom. The summed E-state index contributed by atoms with van der Waals surface area (Å²) in [6.45, 7) is 0. The van der Waals surface area contributed by atoms with E-state index in [4.69, 9.17) is 4.42 Å².